The molecule has 0 saturated carbocycles. The summed E-state index contributed by atoms with van der Waals surface area (Å²) in [5, 5.41) is 12.6. The lowest BCUT2D eigenvalue weighted by Crippen LogP contribution is -2.24. The van der Waals surface area contributed by atoms with Crippen LogP contribution in [0.25, 0.3) is 0 Å². The molecule has 1 N–H and O–H groups in total. The number of rotatable bonds is 6. The van der Waals surface area contributed by atoms with Crippen molar-refractivity contribution in [2.45, 2.75) is 25.4 Å². The molecule has 2 aromatic carbocycles. The molecular formula is C18H20N2O. The second-order valence-electron chi connectivity index (χ2n) is 4.99. The van der Waals surface area contributed by atoms with E-state index in [0.29, 0.717) is 6.42 Å². The van der Waals surface area contributed by atoms with Gasteiger partial charge >= 0.3 is 0 Å². The van der Waals surface area contributed by atoms with Crippen molar-refractivity contribution >= 4 is 0 Å². The van der Waals surface area contributed by atoms with Gasteiger partial charge in [-0.25, -0.2) is 0 Å². The molecule has 0 bridgehead atoms. The number of nitrogens with zero attached hydrogens (tertiary/aromatic N) is 1. The van der Waals surface area contributed by atoms with Crippen LogP contribution in [0.15, 0.2) is 54.6 Å². The van der Waals surface area contributed by atoms with Gasteiger partial charge in [0.2, 0.25) is 0 Å². The molecule has 1 unspecified atom stereocenters. The molecule has 0 aromatic heterocycles. The molecule has 0 aliphatic heterocycles. The molecule has 2 rings (SSSR count). The fourth-order valence-corrected chi connectivity index (χ4v) is 2.34. The van der Waals surface area contributed by atoms with Gasteiger partial charge in [-0.3, -0.25) is 0 Å². The summed E-state index contributed by atoms with van der Waals surface area (Å²) in [6.07, 6.45) is 0.449. The maximum Gasteiger partial charge on any atom is 0.118 e. The van der Waals surface area contributed by atoms with Gasteiger partial charge in [0.1, 0.15) is 5.75 Å². The number of ether oxygens (including phenoxy) is 1. The molecule has 0 saturated heterocycles. The van der Waals surface area contributed by atoms with Crippen LogP contribution in [0, 0.1) is 11.3 Å². The number of nitrogens with one attached hydrogen (secondary N) is 1. The lowest BCUT2D eigenvalue weighted by atomic mass is 10.0. The van der Waals surface area contributed by atoms with Gasteiger partial charge in [-0.15, -0.1) is 0 Å². The Balaban J connectivity index is 2.10. The highest BCUT2D eigenvalue weighted by atomic mass is 16.5. The Bertz CT molecular complexity index is 587. The second-order valence-corrected chi connectivity index (χ2v) is 4.99. The normalized spacial score (nSPS) is 13.2. The van der Waals surface area contributed by atoms with Crippen LogP contribution in [-0.4, -0.2) is 7.11 Å². The third kappa shape index (κ3) is 4.08. The highest BCUT2D eigenvalue weighted by molar-refractivity contribution is 5.29. The second kappa shape index (κ2) is 7.47. The average Bonchev–Trinajstić information content (AvgIpc) is 2.55. The molecule has 0 aliphatic carbocycles. The predicted molar refractivity (Wildman–Crippen MR) is 84.0 cm³/mol. The van der Waals surface area contributed by atoms with Crippen LogP contribution in [-0.2, 0) is 0 Å². The molecule has 3 nitrogen and oxygen atoms in total. The minimum atomic E-state index is 0.0355. The Morgan fingerprint density at radius 2 is 1.71 bits per heavy atom. The van der Waals surface area contributed by atoms with E-state index in [0.717, 1.165) is 11.3 Å². The molecule has 0 spiro atoms. The van der Waals surface area contributed by atoms with Crippen molar-refractivity contribution < 1.29 is 4.74 Å². The Morgan fingerprint density at radius 1 is 1.05 bits per heavy atom. The van der Waals surface area contributed by atoms with Crippen LogP contribution in [0.3, 0.4) is 0 Å². The van der Waals surface area contributed by atoms with Crippen molar-refractivity contribution in [1.82, 2.24) is 5.32 Å². The van der Waals surface area contributed by atoms with Crippen molar-refractivity contribution in [2.24, 2.45) is 0 Å². The SMILES string of the molecule is COc1ccc([C@H](C)NC(CC#N)c2ccccc2)cc1. The highest BCUT2D eigenvalue weighted by Crippen LogP contribution is 2.23. The lowest BCUT2D eigenvalue weighted by molar-refractivity contribution is 0.414. The molecule has 0 radical (unpaired) electrons. The van der Waals surface area contributed by atoms with Crippen molar-refractivity contribution in [3.05, 3.63) is 65.7 Å². The van der Waals surface area contributed by atoms with E-state index in [2.05, 4.69) is 30.4 Å². The van der Waals surface area contributed by atoms with Crippen molar-refractivity contribution in [3.8, 4) is 11.8 Å². The first-order valence-electron chi connectivity index (χ1n) is 7.06. The summed E-state index contributed by atoms with van der Waals surface area (Å²) in [6, 6.07) is 20.5. The molecule has 3 heteroatoms. The molecule has 21 heavy (non-hydrogen) atoms. The van der Waals surface area contributed by atoms with Gasteiger partial charge < -0.3 is 10.1 Å². The number of hydrogen-bond acceptors (Lipinski definition) is 3. The van der Waals surface area contributed by atoms with E-state index in [1.165, 1.54) is 5.56 Å². The van der Waals surface area contributed by atoms with Crippen molar-refractivity contribution in [1.29, 1.82) is 5.26 Å². The Morgan fingerprint density at radius 3 is 2.29 bits per heavy atom. The maximum absolute atomic E-state index is 9.04. The minimum absolute atomic E-state index is 0.0355. The lowest BCUT2D eigenvalue weighted by Gasteiger charge is -2.22. The van der Waals surface area contributed by atoms with E-state index in [4.69, 9.17) is 10.00 Å². The Kier molecular flexibility index (Phi) is 5.36. The third-order valence-electron chi connectivity index (χ3n) is 3.56. The smallest absolute Gasteiger partial charge is 0.118 e. The van der Waals surface area contributed by atoms with Gasteiger partial charge in [-0.2, -0.15) is 5.26 Å². The number of methoxy groups -OCH3 is 1. The largest absolute Gasteiger partial charge is 0.497 e. The zero-order valence-corrected chi connectivity index (χ0v) is 12.4. The van der Waals surface area contributed by atoms with E-state index in [9.17, 15) is 0 Å². The first-order chi connectivity index (χ1) is 10.2. The summed E-state index contributed by atoms with van der Waals surface area (Å²) in [6.45, 7) is 2.11. The molecule has 2 aromatic rings. The summed E-state index contributed by atoms with van der Waals surface area (Å²) in [7, 11) is 1.66. The molecule has 0 amide bonds. The maximum atomic E-state index is 9.04. The first-order valence-corrected chi connectivity index (χ1v) is 7.06. The molecule has 0 heterocycles. The average molecular weight is 280 g/mol. The van der Waals surface area contributed by atoms with Crippen molar-refractivity contribution in [2.75, 3.05) is 7.11 Å². The number of hydrogen-bond donors (Lipinski definition) is 1. The van der Waals surface area contributed by atoms with Gasteiger partial charge in [0, 0.05) is 12.1 Å². The summed E-state index contributed by atoms with van der Waals surface area (Å²) in [4.78, 5) is 0. The Labute approximate surface area is 126 Å². The molecule has 0 fully saturated rings. The molecule has 2 atom stereocenters. The number of nitriles is 1. The van der Waals surface area contributed by atoms with Crippen molar-refractivity contribution in [3.63, 3.8) is 0 Å². The summed E-state index contributed by atoms with van der Waals surface area (Å²) >= 11 is 0. The topological polar surface area (TPSA) is 45.0 Å². The highest BCUT2D eigenvalue weighted by Gasteiger charge is 2.15. The van der Waals surface area contributed by atoms with Crippen LogP contribution < -0.4 is 10.1 Å². The zero-order valence-electron chi connectivity index (χ0n) is 12.4. The standard InChI is InChI=1S/C18H20N2O/c1-14(15-8-10-17(21-2)11-9-15)20-18(12-13-19)16-6-4-3-5-7-16/h3-11,14,18,20H,12H2,1-2H3/t14-,18?/m0/s1. The summed E-state index contributed by atoms with van der Waals surface area (Å²) in [5.41, 5.74) is 2.31. The third-order valence-corrected chi connectivity index (χ3v) is 3.56. The fourth-order valence-electron chi connectivity index (χ4n) is 2.34. The van der Waals surface area contributed by atoms with E-state index in [1.807, 2.05) is 42.5 Å². The van der Waals surface area contributed by atoms with E-state index < -0.39 is 0 Å². The summed E-state index contributed by atoms with van der Waals surface area (Å²) < 4.78 is 5.17. The molecule has 108 valence electrons. The van der Waals surface area contributed by atoms with Gasteiger partial charge in [0.15, 0.2) is 0 Å². The fraction of sp³-hybridized carbons (Fsp3) is 0.278. The van der Waals surface area contributed by atoms with Gasteiger partial charge in [-0.05, 0) is 30.2 Å². The zero-order chi connectivity index (χ0) is 15.1. The first kappa shape index (κ1) is 15.1. The van der Waals surface area contributed by atoms with E-state index in [1.54, 1.807) is 7.11 Å². The van der Waals surface area contributed by atoms with Crippen LogP contribution in [0.1, 0.15) is 36.6 Å². The molecule has 0 aliphatic rings. The summed E-state index contributed by atoms with van der Waals surface area (Å²) in [5.74, 6) is 0.850. The number of benzene rings is 2. The van der Waals surface area contributed by atoms with Gasteiger partial charge in [0.05, 0.1) is 19.6 Å². The van der Waals surface area contributed by atoms with E-state index >= 15 is 0 Å². The Hall–Kier alpha value is -2.31. The van der Waals surface area contributed by atoms with Crippen LogP contribution in [0.5, 0.6) is 5.75 Å². The minimum Gasteiger partial charge on any atom is -0.497 e. The molecular weight excluding hydrogens is 260 g/mol. The van der Waals surface area contributed by atoms with Crippen LogP contribution >= 0.6 is 0 Å². The van der Waals surface area contributed by atoms with Gasteiger partial charge in [-0.1, -0.05) is 42.5 Å². The van der Waals surface area contributed by atoms with Crippen LogP contribution in [0.2, 0.25) is 0 Å². The van der Waals surface area contributed by atoms with Gasteiger partial charge in [0.25, 0.3) is 0 Å². The van der Waals surface area contributed by atoms with E-state index in [-0.39, 0.29) is 12.1 Å². The monoisotopic (exact) mass is 280 g/mol. The predicted octanol–water partition coefficient (Wildman–Crippen LogP) is 4.00. The van der Waals surface area contributed by atoms with Crippen LogP contribution in [0.4, 0.5) is 0 Å². The quantitative estimate of drug-likeness (QED) is 0.869.